The molecule has 6 aromatic carbocycles. The van der Waals surface area contributed by atoms with Crippen LogP contribution in [0.4, 0.5) is 0 Å². The third kappa shape index (κ3) is 3.39. The minimum absolute atomic E-state index is 0.575. The maximum absolute atomic E-state index is 6.25. The van der Waals surface area contributed by atoms with E-state index in [1.165, 1.54) is 27.4 Å². The lowest BCUT2D eigenvalue weighted by molar-refractivity contribution is 0.619. The van der Waals surface area contributed by atoms with E-state index in [0.29, 0.717) is 10.9 Å². The molecule has 0 saturated carbocycles. The van der Waals surface area contributed by atoms with Crippen molar-refractivity contribution in [2.75, 3.05) is 0 Å². The van der Waals surface area contributed by atoms with Crippen LogP contribution in [-0.4, -0.2) is 9.55 Å². The lowest BCUT2D eigenvalue weighted by Crippen LogP contribution is -1.92. The Bertz CT molecular complexity index is 2470. The molecule has 3 heterocycles. The van der Waals surface area contributed by atoms with Crippen LogP contribution in [-0.2, 0) is 0 Å². The molecule has 0 radical (unpaired) electrons. The summed E-state index contributed by atoms with van der Waals surface area (Å²) in [5.41, 5.74) is 9.76. The average molecular weight is 561 g/mol. The predicted molar refractivity (Wildman–Crippen MR) is 172 cm³/mol. The molecule has 9 aromatic rings. The van der Waals surface area contributed by atoms with E-state index in [1.54, 1.807) is 0 Å². The van der Waals surface area contributed by atoms with E-state index in [4.69, 9.17) is 25.4 Å². The molecule has 0 spiro atoms. The molecule has 4 nitrogen and oxygen atoms in total. The summed E-state index contributed by atoms with van der Waals surface area (Å²) in [5, 5.41) is 5.01. The molecule has 3 aromatic heterocycles. The highest BCUT2D eigenvalue weighted by Crippen LogP contribution is 2.40. The standard InChI is InChI=1S/C37H21ClN2O2/c38-24-17-18-28-33(21-24)41-31-19-20-32-36(35(28)31)39-37(42-32)23-15-13-22(14-16-23)26-10-6-12-30-34(26)27-9-4-5-11-29(27)40(30)25-7-2-1-3-8-25/h1-21H. The van der Waals surface area contributed by atoms with Gasteiger partial charge in [-0.25, -0.2) is 4.98 Å². The number of fused-ring (bicyclic) bond motifs is 8. The number of benzene rings is 6. The zero-order chi connectivity index (χ0) is 27.8. The van der Waals surface area contributed by atoms with Gasteiger partial charge in [0.05, 0.1) is 16.4 Å². The SMILES string of the molecule is Clc1ccc2c(c1)oc1ccc3oc(-c4ccc(-c5cccc6c5c5ccccc5n6-c5ccccc5)cc4)nc3c12. The van der Waals surface area contributed by atoms with E-state index < -0.39 is 0 Å². The molecule has 0 aliphatic heterocycles. The monoisotopic (exact) mass is 560 g/mol. The number of aromatic nitrogens is 2. The highest BCUT2D eigenvalue weighted by atomic mass is 35.5. The first-order valence-corrected chi connectivity index (χ1v) is 14.2. The van der Waals surface area contributed by atoms with E-state index >= 15 is 0 Å². The molecule has 0 fully saturated rings. The molecule has 0 amide bonds. The number of rotatable bonds is 3. The number of halogens is 1. The lowest BCUT2D eigenvalue weighted by atomic mass is 9.98. The Balaban J connectivity index is 1.18. The van der Waals surface area contributed by atoms with E-state index in [2.05, 4.69) is 102 Å². The molecule has 0 unspecified atom stereocenters. The first kappa shape index (κ1) is 23.4. The first-order chi connectivity index (χ1) is 20.7. The van der Waals surface area contributed by atoms with Gasteiger partial charge in [0.15, 0.2) is 5.58 Å². The summed E-state index contributed by atoms with van der Waals surface area (Å²) >= 11 is 6.20. The van der Waals surface area contributed by atoms with Crippen molar-refractivity contribution in [3.05, 3.63) is 132 Å². The van der Waals surface area contributed by atoms with Crippen molar-refractivity contribution in [3.8, 4) is 28.3 Å². The van der Waals surface area contributed by atoms with Gasteiger partial charge >= 0.3 is 0 Å². The van der Waals surface area contributed by atoms with Crippen LogP contribution in [0.3, 0.4) is 0 Å². The van der Waals surface area contributed by atoms with Crippen LogP contribution in [0, 0.1) is 0 Å². The molecular weight excluding hydrogens is 540 g/mol. The normalized spacial score (nSPS) is 11.9. The maximum atomic E-state index is 6.25. The second-order valence-corrected chi connectivity index (χ2v) is 10.9. The summed E-state index contributed by atoms with van der Waals surface area (Å²) in [6.07, 6.45) is 0. The lowest BCUT2D eigenvalue weighted by Gasteiger charge is -2.09. The number of oxazole rings is 1. The summed E-state index contributed by atoms with van der Waals surface area (Å²) in [6.45, 7) is 0. The summed E-state index contributed by atoms with van der Waals surface area (Å²) in [5.74, 6) is 0.575. The zero-order valence-corrected chi connectivity index (χ0v) is 23.0. The molecule has 198 valence electrons. The van der Waals surface area contributed by atoms with Crippen LogP contribution < -0.4 is 0 Å². The van der Waals surface area contributed by atoms with Gasteiger partial charge in [0.25, 0.3) is 0 Å². The highest BCUT2D eigenvalue weighted by molar-refractivity contribution is 6.31. The number of furan rings is 1. The van der Waals surface area contributed by atoms with Crippen molar-refractivity contribution in [3.63, 3.8) is 0 Å². The fourth-order valence-electron chi connectivity index (χ4n) is 6.26. The van der Waals surface area contributed by atoms with E-state index in [1.807, 2.05) is 30.3 Å². The largest absolute Gasteiger partial charge is 0.456 e. The molecule has 42 heavy (non-hydrogen) atoms. The van der Waals surface area contributed by atoms with E-state index in [9.17, 15) is 0 Å². The molecule has 0 aliphatic carbocycles. The Hall–Kier alpha value is -5.32. The van der Waals surface area contributed by atoms with Crippen molar-refractivity contribution in [2.24, 2.45) is 0 Å². The van der Waals surface area contributed by atoms with Gasteiger partial charge in [0.1, 0.15) is 16.7 Å². The van der Waals surface area contributed by atoms with Crippen LogP contribution in [0.1, 0.15) is 0 Å². The van der Waals surface area contributed by atoms with Crippen molar-refractivity contribution in [1.29, 1.82) is 0 Å². The molecule has 0 aliphatic rings. The summed E-state index contributed by atoms with van der Waals surface area (Å²) in [7, 11) is 0. The summed E-state index contributed by atoms with van der Waals surface area (Å²) < 4.78 is 14.6. The van der Waals surface area contributed by atoms with Crippen molar-refractivity contribution in [2.45, 2.75) is 0 Å². The van der Waals surface area contributed by atoms with Gasteiger partial charge in [-0.3, -0.25) is 0 Å². The van der Waals surface area contributed by atoms with Crippen molar-refractivity contribution >= 4 is 66.4 Å². The van der Waals surface area contributed by atoms with Gasteiger partial charge in [-0.2, -0.15) is 0 Å². The quantitative estimate of drug-likeness (QED) is 0.216. The number of para-hydroxylation sites is 2. The molecule has 0 N–H and O–H groups in total. The Kier molecular flexibility index (Phi) is 4.92. The van der Waals surface area contributed by atoms with E-state index in [0.717, 1.165) is 49.9 Å². The molecular formula is C37H21ClN2O2. The predicted octanol–water partition coefficient (Wildman–Crippen LogP) is 10.8. The third-order valence-corrected chi connectivity index (χ3v) is 8.35. The zero-order valence-electron chi connectivity index (χ0n) is 22.2. The Labute approximate surface area is 245 Å². The van der Waals surface area contributed by atoms with Gasteiger partial charge in [-0.1, -0.05) is 72.3 Å². The molecule has 0 bridgehead atoms. The van der Waals surface area contributed by atoms with Crippen LogP contribution in [0.5, 0.6) is 0 Å². The summed E-state index contributed by atoms with van der Waals surface area (Å²) in [6, 6.07) is 43.7. The average Bonchev–Trinajstić information content (AvgIpc) is 3.72. The van der Waals surface area contributed by atoms with Gasteiger partial charge in [0.2, 0.25) is 5.89 Å². The van der Waals surface area contributed by atoms with Crippen LogP contribution in [0.15, 0.2) is 136 Å². The Morgan fingerprint density at radius 3 is 2.19 bits per heavy atom. The molecule has 0 atom stereocenters. The van der Waals surface area contributed by atoms with Crippen LogP contribution in [0.25, 0.3) is 83.1 Å². The Morgan fingerprint density at radius 2 is 1.31 bits per heavy atom. The number of nitrogens with zero attached hydrogens (tertiary/aromatic N) is 2. The minimum atomic E-state index is 0.575. The smallest absolute Gasteiger partial charge is 0.227 e. The van der Waals surface area contributed by atoms with Crippen molar-refractivity contribution < 1.29 is 8.83 Å². The topological polar surface area (TPSA) is 44.1 Å². The second-order valence-electron chi connectivity index (χ2n) is 10.5. The van der Waals surface area contributed by atoms with Gasteiger partial charge in [-0.05, 0) is 71.8 Å². The molecule has 5 heteroatoms. The van der Waals surface area contributed by atoms with Crippen molar-refractivity contribution in [1.82, 2.24) is 9.55 Å². The van der Waals surface area contributed by atoms with E-state index in [-0.39, 0.29) is 0 Å². The highest BCUT2D eigenvalue weighted by Gasteiger charge is 2.18. The van der Waals surface area contributed by atoms with Crippen LogP contribution >= 0.6 is 11.6 Å². The number of hydrogen-bond donors (Lipinski definition) is 0. The fourth-order valence-corrected chi connectivity index (χ4v) is 6.42. The van der Waals surface area contributed by atoms with Gasteiger partial charge < -0.3 is 13.4 Å². The van der Waals surface area contributed by atoms with Gasteiger partial charge in [-0.15, -0.1) is 0 Å². The van der Waals surface area contributed by atoms with Gasteiger partial charge in [0, 0.05) is 38.5 Å². The molecule has 9 rings (SSSR count). The second kappa shape index (κ2) is 8.84. The third-order valence-electron chi connectivity index (χ3n) is 8.11. The number of hydrogen-bond acceptors (Lipinski definition) is 3. The molecule has 0 saturated heterocycles. The fraction of sp³-hybridized carbons (Fsp3) is 0. The summed E-state index contributed by atoms with van der Waals surface area (Å²) in [4.78, 5) is 4.92. The first-order valence-electron chi connectivity index (χ1n) is 13.8. The van der Waals surface area contributed by atoms with Crippen LogP contribution in [0.2, 0.25) is 5.02 Å². The minimum Gasteiger partial charge on any atom is -0.456 e. The maximum Gasteiger partial charge on any atom is 0.227 e. The Morgan fingerprint density at radius 1 is 0.548 bits per heavy atom.